The average Bonchev–Trinajstić information content (AvgIpc) is 2.37. The first-order valence-electron chi connectivity index (χ1n) is 6.10. The lowest BCUT2D eigenvalue weighted by Gasteiger charge is -2.08. The van der Waals surface area contributed by atoms with Crippen LogP contribution in [0.2, 0.25) is 0 Å². The van der Waals surface area contributed by atoms with E-state index >= 15 is 0 Å². The molecule has 21 heavy (non-hydrogen) atoms. The van der Waals surface area contributed by atoms with Gasteiger partial charge in [-0.15, -0.1) is 0 Å². The first-order chi connectivity index (χ1) is 9.68. The van der Waals surface area contributed by atoms with Crippen molar-refractivity contribution in [3.05, 3.63) is 29.8 Å². The molecule has 0 saturated carbocycles. The Kier molecular flexibility index (Phi) is 6.20. The molecule has 0 aliphatic heterocycles. The van der Waals surface area contributed by atoms with Crippen molar-refractivity contribution < 1.29 is 25.6 Å². The summed E-state index contributed by atoms with van der Waals surface area (Å²) in [5.74, 6) is -2.13. The smallest absolute Gasteiger partial charge is 0.215 e. The molecule has 6 nitrogen and oxygen atoms in total. The minimum Gasteiger partial charge on any atom is -0.215 e. The van der Waals surface area contributed by atoms with E-state index < -0.39 is 36.6 Å². The average molecular weight is 342 g/mol. The quantitative estimate of drug-likeness (QED) is 0.676. The molecule has 0 aromatic heterocycles. The molecule has 0 atom stereocenters. The molecular formula is C11H16F2N2O4S2. The van der Waals surface area contributed by atoms with Gasteiger partial charge in [-0.2, -0.15) is 0 Å². The lowest BCUT2D eigenvalue weighted by atomic mass is 10.3. The first kappa shape index (κ1) is 18.0. The summed E-state index contributed by atoms with van der Waals surface area (Å²) in [7, 11) is -7.43. The summed E-state index contributed by atoms with van der Waals surface area (Å²) in [6, 6.07) is 2.14. The minimum absolute atomic E-state index is 0.0601. The highest BCUT2D eigenvalue weighted by Crippen LogP contribution is 2.14. The second-order valence-corrected chi connectivity index (χ2v) is 7.95. The van der Waals surface area contributed by atoms with Gasteiger partial charge in [0, 0.05) is 19.2 Å². The molecule has 1 aromatic carbocycles. The monoisotopic (exact) mass is 342 g/mol. The van der Waals surface area contributed by atoms with Crippen molar-refractivity contribution in [3.8, 4) is 0 Å². The fourth-order valence-corrected chi connectivity index (χ4v) is 3.19. The summed E-state index contributed by atoms with van der Waals surface area (Å²) in [5, 5.41) is 0. The number of rotatable bonds is 8. The highest BCUT2D eigenvalue weighted by atomic mass is 32.2. The van der Waals surface area contributed by atoms with Gasteiger partial charge in [-0.05, 0) is 25.5 Å². The topological polar surface area (TPSA) is 92.3 Å². The van der Waals surface area contributed by atoms with E-state index in [9.17, 15) is 25.6 Å². The van der Waals surface area contributed by atoms with Crippen LogP contribution in [0.4, 0.5) is 8.78 Å². The Morgan fingerprint density at radius 1 is 1.05 bits per heavy atom. The Hall–Kier alpha value is -1.10. The van der Waals surface area contributed by atoms with Crippen LogP contribution in [-0.4, -0.2) is 35.7 Å². The normalized spacial score (nSPS) is 12.5. The Bertz CT molecular complexity index is 690. The molecule has 1 aromatic rings. The molecule has 2 N–H and O–H groups in total. The van der Waals surface area contributed by atoms with E-state index in [1.807, 2.05) is 0 Å². The van der Waals surface area contributed by atoms with E-state index in [0.29, 0.717) is 6.07 Å². The third kappa shape index (κ3) is 5.65. The van der Waals surface area contributed by atoms with Gasteiger partial charge in [0.25, 0.3) is 0 Å². The van der Waals surface area contributed by atoms with Gasteiger partial charge in [-0.1, -0.05) is 0 Å². The fraction of sp³-hybridized carbons (Fsp3) is 0.455. The van der Waals surface area contributed by atoms with E-state index in [-0.39, 0.29) is 25.3 Å². The van der Waals surface area contributed by atoms with Crippen molar-refractivity contribution in [2.45, 2.75) is 18.2 Å². The van der Waals surface area contributed by atoms with Gasteiger partial charge in [0.15, 0.2) is 0 Å². The number of hydrogen-bond donors (Lipinski definition) is 2. The molecule has 0 aliphatic rings. The zero-order valence-corrected chi connectivity index (χ0v) is 12.9. The zero-order valence-electron chi connectivity index (χ0n) is 11.3. The Morgan fingerprint density at radius 3 is 2.24 bits per heavy atom. The zero-order chi connectivity index (χ0) is 16.1. The molecule has 0 spiro atoms. The third-order valence-corrected chi connectivity index (χ3v) is 5.43. The summed E-state index contributed by atoms with van der Waals surface area (Å²) in [6.07, 6.45) is 0.196. The Morgan fingerprint density at radius 2 is 1.67 bits per heavy atom. The van der Waals surface area contributed by atoms with Crippen LogP contribution in [0.5, 0.6) is 0 Å². The highest BCUT2D eigenvalue weighted by Gasteiger charge is 2.18. The lowest BCUT2D eigenvalue weighted by Crippen LogP contribution is -2.31. The van der Waals surface area contributed by atoms with Gasteiger partial charge in [-0.3, -0.25) is 0 Å². The van der Waals surface area contributed by atoms with Gasteiger partial charge >= 0.3 is 0 Å². The van der Waals surface area contributed by atoms with Crippen molar-refractivity contribution in [3.63, 3.8) is 0 Å². The van der Waals surface area contributed by atoms with E-state index in [1.54, 1.807) is 0 Å². The Labute approximate surface area is 122 Å². The van der Waals surface area contributed by atoms with Gasteiger partial charge in [0.1, 0.15) is 16.5 Å². The standard InChI is InChI=1S/C11H16F2N2O4S2/c1-2-20(16,17)14-6-3-7-15-21(18,19)11-5-4-9(12)8-10(11)13/h4-5,8,14-15H,2-3,6-7H2,1H3. The largest absolute Gasteiger partial charge is 0.243 e. The maximum Gasteiger partial charge on any atom is 0.243 e. The van der Waals surface area contributed by atoms with Crippen molar-refractivity contribution in [1.82, 2.24) is 9.44 Å². The number of benzene rings is 1. The Balaban J connectivity index is 2.54. The van der Waals surface area contributed by atoms with Crippen LogP contribution in [0.1, 0.15) is 13.3 Å². The molecule has 1 rings (SSSR count). The molecule has 120 valence electrons. The van der Waals surface area contributed by atoms with E-state index in [2.05, 4.69) is 9.44 Å². The maximum atomic E-state index is 13.4. The molecular weight excluding hydrogens is 326 g/mol. The summed E-state index contributed by atoms with van der Waals surface area (Å²) < 4.78 is 76.2. The van der Waals surface area contributed by atoms with Crippen LogP contribution in [0.25, 0.3) is 0 Å². The lowest BCUT2D eigenvalue weighted by molar-refractivity contribution is 0.542. The van der Waals surface area contributed by atoms with Crippen LogP contribution in [0.15, 0.2) is 23.1 Å². The summed E-state index contributed by atoms with van der Waals surface area (Å²) in [5.41, 5.74) is 0. The van der Waals surface area contributed by atoms with Crippen LogP contribution in [0.3, 0.4) is 0 Å². The van der Waals surface area contributed by atoms with Gasteiger partial charge in [0.05, 0.1) is 5.75 Å². The molecule has 0 bridgehead atoms. The molecule has 0 amide bonds. The van der Waals surface area contributed by atoms with E-state index in [4.69, 9.17) is 0 Å². The molecule has 0 aliphatic carbocycles. The van der Waals surface area contributed by atoms with Crippen molar-refractivity contribution in [1.29, 1.82) is 0 Å². The SMILES string of the molecule is CCS(=O)(=O)NCCCNS(=O)(=O)c1ccc(F)cc1F. The summed E-state index contributed by atoms with van der Waals surface area (Å²) >= 11 is 0. The fourth-order valence-electron chi connectivity index (χ4n) is 1.40. The van der Waals surface area contributed by atoms with E-state index in [1.165, 1.54) is 6.92 Å². The minimum atomic E-state index is -4.10. The second kappa shape index (κ2) is 7.25. The second-order valence-electron chi connectivity index (χ2n) is 4.12. The van der Waals surface area contributed by atoms with Gasteiger partial charge < -0.3 is 0 Å². The first-order valence-corrected chi connectivity index (χ1v) is 9.23. The molecule has 0 radical (unpaired) electrons. The number of sulfonamides is 2. The molecule has 0 saturated heterocycles. The van der Waals surface area contributed by atoms with E-state index in [0.717, 1.165) is 12.1 Å². The summed E-state index contributed by atoms with van der Waals surface area (Å²) in [4.78, 5) is -0.655. The van der Waals surface area contributed by atoms with Crippen LogP contribution >= 0.6 is 0 Å². The predicted octanol–water partition coefficient (Wildman–Crippen LogP) is 0.572. The number of nitrogens with one attached hydrogen (secondary N) is 2. The maximum absolute atomic E-state index is 13.4. The predicted molar refractivity (Wildman–Crippen MR) is 73.6 cm³/mol. The van der Waals surface area contributed by atoms with Gasteiger partial charge in [-0.25, -0.2) is 35.1 Å². The molecule has 0 unspecified atom stereocenters. The highest BCUT2D eigenvalue weighted by molar-refractivity contribution is 7.89. The molecule has 0 fully saturated rings. The molecule has 0 heterocycles. The third-order valence-electron chi connectivity index (χ3n) is 2.53. The van der Waals surface area contributed by atoms with Crippen molar-refractivity contribution in [2.75, 3.05) is 18.8 Å². The number of halogens is 2. The van der Waals surface area contributed by atoms with Crippen molar-refractivity contribution >= 4 is 20.0 Å². The van der Waals surface area contributed by atoms with Crippen LogP contribution in [0, 0.1) is 11.6 Å². The van der Waals surface area contributed by atoms with Crippen molar-refractivity contribution in [2.24, 2.45) is 0 Å². The van der Waals surface area contributed by atoms with Crippen LogP contribution < -0.4 is 9.44 Å². The van der Waals surface area contributed by atoms with Gasteiger partial charge in [0.2, 0.25) is 20.0 Å². The molecule has 10 heteroatoms. The van der Waals surface area contributed by atoms with Crippen LogP contribution in [-0.2, 0) is 20.0 Å². The summed E-state index contributed by atoms with van der Waals surface area (Å²) in [6.45, 7) is 1.46. The number of hydrogen-bond acceptors (Lipinski definition) is 4.